The Labute approximate surface area is 183 Å². The second-order valence-corrected chi connectivity index (χ2v) is 8.41. The highest BCUT2D eigenvalue weighted by Gasteiger charge is 2.33. The van der Waals surface area contributed by atoms with Crippen molar-refractivity contribution in [2.45, 2.75) is 52.7 Å². The number of benzene rings is 2. The number of halogens is 1. The summed E-state index contributed by atoms with van der Waals surface area (Å²) in [5.41, 5.74) is 2.74. The molecule has 2 aromatic rings. The fourth-order valence-corrected chi connectivity index (χ4v) is 4.01. The predicted molar refractivity (Wildman–Crippen MR) is 118 cm³/mol. The molecule has 6 heteroatoms. The number of amides is 2. The minimum atomic E-state index is -0.645. The molecule has 0 aliphatic carbocycles. The molecule has 0 radical (unpaired) electrons. The molecule has 0 saturated heterocycles. The van der Waals surface area contributed by atoms with Crippen molar-refractivity contribution >= 4 is 11.8 Å². The molecule has 0 unspecified atom stereocenters. The highest BCUT2D eigenvalue weighted by molar-refractivity contribution is 5.80. The van der Waals surface area contributed by atoms with Gasteiger partial charge in [-0.3, -0.25) is 9.59 Å². The largest absolute Gasteiger partial charge is 0.481 e. The van der Waals surface area contributed by atoms with E-state index in [1.165, 1.54) is 12.1 Å². The number of carbonyl (C=O) groups is 2. The maximum atomic E-state index is 14.1. The maximum absolute atomic E-state index is 14.1. The molecule has 2 aromatic carbocycles. The topological polar surface area (TPSA) is 58.6 Å². The van der Waals surface area contributed by atoms with E-state index in [4.69, 9.17) is 4.74 Å². The van der Waals surface area contributed by atoms with Crippen LogP contribution in [0.2, 0.25) is 0 Å². The quantitative estimate of drug-likeness (QED) is 0.720. The molecular weight excluding hydrogens is 395 g/mol. The zero-order chi connectivity index (χ0) is 22.5. The zero-order valence-corrected chi connectivity index (χ0v) is 18.7. The predicted octanol–water partition coefficient (Wildman–Crippen LogP) is 4.25. The normalized spacial score (nSPS) is 16.6. The van der Waals surface area contributed by atoms with Crippen molar-refractivity contribution in [3.05, 3.63) is 65.0 Å². The van der Waals surface area contributed by atoms with E-state index in [1.807, 2.05) is 49.9 Å². The Balaban J connectivity index is 1.99. The van der Waals surface area contributed by atoms with Crippen LogP contribution < -0.4 is 10.1 Å². The summed E-state index contributed by atoms with van der Waals surface area (Å²) in [4.78, 5) is 27.0. The Morgan fingerprint density at radius 3 is 2.65 bits per heavy atom. The van der Waals surface area contributed by atoms with E-state index >= 15 is 0 Å². The fourth-order valence-electron chi connectivity index (χ4n) is 4.01. The van der Waals surface area contributed by atoms with Gasteiger partial charge in [-0.15, -0.1) is 0 Å². The molecule has 0 fully saturated rings. The van der Waals surface area contributed by atoms with Crippen LogP contribution in [0.5, 0.6) is 5.75 Å². The fraction of sp³-hybridized carbons (Fsp3) is 0.440. The van der Waals surface area contributed by atoms with Crippen molar-refractivity contribution in [3.63, 3.8) is 0 Å². The van der Waals surface area contributed by atoms with Gasteiger partial charge in [0.2, 0.25) is 5.91 Å². The second kappa shape index (κ2) is 9.94. The molecule has 1 N–H and O–H groups in total. The van der Waals surface area contributed by atoms with Crippen LogP contribution in [-0.4, -0.2) is 35.9 Å². The van der Waals surface area contributed by atoms with E-state index in [9.17, 15) is 14.0 Å². The van der Waals surface area contributed by atoms with Crippen LogP contribution in [-0.2, 0) is 16.0 Å². The van der Waals surface area contributed by atoms with Gasteiger partial charge in [0.25, 0.3) is 5.91 Å². The first kappa shape index (κ1) is 22.8. The van der Waals surface area contributed by atoms with E-state index in [-0.39, 0.29) is 23.5 Å². The minimum absolute atomic E-state index is 0.0527. The average molecular weight is 427 g/mol. The zero-order valence-electron chi connectivity index (χ0n) is 18.7. The maximum Gasteiger partial charge on any atom is 0.260 e. The van der Waals surface area contributed by atoms with Crippen molar-refractivity contribution in [2.24, 2.45) is 5.92 Å². The van der Waals surface area contributed by atoms with Gasteiger partial charge >= 0.3 is 0 Å². The minimum Gasteiger partial charge on any atom is -0.481 e. The molecule has 5 nitrogen and oxygen atoms in total. The van der Waals surface area contributed by atoms with Gasteiger partial charge in [0.05, 0.1) is 6.04 Å². The summed E-state index contributed by atoms with van der Waals surface area (Å²) < 4.78 is 19.9. The van der Waals surface area contributed by atoms with Crippen LogP contribution in [0.1, 0.15) is 56.8 Å². The molecule has 166 valence electrons. The van der Waals surface area contributed by atoms with Crippen LogP contribution in [0.3, 0.4) is 0 Å². The van der Waals surface area contributed by atoms with Gasteiger partial charge in [-0.05, 0) is 67.1 Å². The van der Waals surface area contributed by atoms with E-state index in [0.29, 0.717) is 25.3 Å². The summed E-state index contributed by atoms with van der Waals surface area (Å²) in [5, 5.41) is 2.75. The van der Waals surface area contributed by atoms with Gasteiger partial charge in [0.1, 0.15) is 11.6 Å². The van der Waals surface area contributed by atoms with Crippen LogP contribution in [0.4, 0.5) is 4.39 Å². The molecule has 1 aliphatic rings. The van der Waals surface area contributed by atoms with Crippen LogP contribution in [0.15, 0.2) is 42.5 Å². The van der Waals surface area contributed by atoms with Crippen LogP contribution >= 0.6 is 0 Å². The molecule has 0 aromatic heterocycles. The van der Waals surface area contributed by atoms with E-state index in [1.54, 1.807) is 13.0 Å². The van der Waals surface area contributed by atoms with Gasteiger partial charge in [0.15, 0.2) is 6.10 Å². The Morgan fingerprint density at radius 1 is 1.19 bits per heavy atom. The third-order valence-electron chi connectivity index (χ3n) is 5.45. The summed E-state index contributed by atoms with van der Waals surface area (Å²) >= 11 is 0. The van der Waals surface area contributed by atoms with Gasteiger partial charge in [-0.2, -0.15) is 0 Å². The second-order valence-electron chi connectivity index (χ2n) is 8.41. The van der Waals surface area contributed by atoms with E-state index in [2.05, 4.69) is 5.32 Å². The van der Waals surface area contributed by atoms with Gasteiger partial charge in [-0.25, -0.2) is 4.39 Å². The lowest BCUT2D eigenvalue weighted by Gasteiger charge is -2.38. The number of nitrogens with zero attached hydrogens (tertiary/aromatic N) is 1. The first-order valence-corrected chi connectivity index (χ1v) is 10.9. The van der Waals surface area contributed by atoms with Gasteiger partial charge < -0.3 is 15.0 Å². The summed E-state index contributed by atoms with van der Waals surface area (Å²) in [6, 6.07) is 11.7. The molecule has 0 spiro atoms. The van der Waals surface area contributed by atoms with E-state index < -0.39 is 12.1 Å². The van der Waals surface area contributed by atoms with Crippen molar-refractivity contribution in [1.82, 2.24) is 10.2 Å². The van der Waals surface area contributed by atoms with Crippen molar-refractivity contribution in [2.75, 3.05) is 13.1 Å². The van der Waals surface area contributed by atoms with E-state index in [0.717, 1.165) is 23.1 Å². The standard InChI is InChI=1S/C25H31FN2O3/c1-5-27-25(30)17(4)31-21-10-9-18-11-12-28(23(29)13-16(2)3)24(22(18)15-21)19-7-6-8-20(26)14-19/h6-10,14-17,24H,5,11-13H2,1-4H3,(H,27,30)/t17-,24+/m1/s1. The SMILES string of the molecule is CCNC(=O)[C@@H](C)Oc1ccc2c(c1)[C@H](c1cccc(F)c1)N(C(=O)CC(C)C)CC2. The summed E-state index contributed by atoms with van der Waals surface area (Å²) in [6.07, 6.45) is 0.510. The highest BCUT2D eigenvalue weighted by atomic mass is 19.1. The first-order chi connectivity index (χ1) is 14.8. The lowest BCUT2D eigenvalue weighted by atomic mass is 9.87. The number of hydrogen-bond acceptors (Lipinski definition) is 3. The molecule has 2 amide bonds. The molecule has 0 saturated carbocycles. The summed E-state index contributed by atoms with van der Waals surface area (Å²) in [7, 11) is 0. The Morgan fingerprint density at radius 2 is 1.97 bits per heavy atom. The lowest BCUT2D eigenvalue weighted by Crippen LogP contribution is -2.41. The molecular formula is C25H31FN2O3. The number of fused-ring (bicyclic) bond motifs is 1. The molecule has 1 heterocycles. The van der Waals surface area contributed by atoms with Crippen LogP contribution in [0.25, 0.3) is 0 Å². The van der Waals surface area contributed by atoms with Crippen molar-refractivity contribution in [1.29, 1.82) is 0 Å². The number of rotatable bonds is 7. The smallest absolute Gasteiger partial charge is 0.260 e. The van der Waals surface area contributed by atoms with Crippen LogP contribution in [0, 0.1) is 11.7 Å². The number of hydrogen-bond donors (Lipinski definition) is 1. The lowest BCUT2D eigenvalue weighted by molar-refractivity contribution is -0.134. The third kappa shape index (κ3) is 5.43. The Hall–Kier alpha value is -2.89. The third-order valence-corrected chi connectivity index (χ3v) is 5.45. The van der Waals surface area contributed by atoms with Gasteiger partial charge in [-0.1, -0.05) is 32.0 Å². The highest BCUT2D eigenvalue weighted by Crippen LogP contribution is 2.38. The summed E-state index contributed by atoms with van der Waals surface area (Å²) in [5.74, 6) is 0.317. The van der Waals surface area contributed by atoms with Crippen molar-refractivity contribution in [3.8, 4) is 5.75 Å². The Bertz CT molecular complexity index is 944. The first-order valence-electron chi connectivity index (χ1n) is 10.9. The average Bonchev–Trinajstić information content (AvgIpc) is 2.72. The molecule has 31 heavy (non-hydrogen) atoms. The number of nitrogens with one attached hydrogen (secondary N) is 1. The number of carbonyl (C=O) groups excluding carboxylic acids is 2. The molecule has 1 aliphatic heterocycles. The molecule has 3 rings (SSSR count). The summed E-state index contributed by atoms with van der Waals surface area (Å²) in [6.45, 7) is 8.70. The van der Waals surface area contributed by atoms with Gasteiger partial charge in [0, 0.05) is 19.5 Å². The monoisotopic (exact) mass is 426 g/mol. The Kier molecular flexibility index (Phi) is 7.31. The number of ether oxygens (including phenoxy) is 1. The van der Waals surface area contributed by atoms with Crippen molar-refractivity contribution < 1.29 is 18.7 Å². The number of likely N-dealkylation sites (N-methyl/N-ethyl adjacent to an activating group) is 1. The molecule has 2 atom stereocenters. The molecule has 0 bridgehead atoms.